The predicted octanol–water partition coefficient (Wildman–Crippen LogP) is 3.60. The third-order valence-corrected chi connectivity index (χ3v) is 5.35. The van der Waals surface area contributed by atoms with Crippen LogP contribution < -0.4 is 16.0 Å². The number of hydrogen-bond donors (Lipinski definition) is 2. The topological polar surface area (TPSA) is 110 Å². The fourth-order valence-electron chi connectivity index (χ4n) is 3.54. The standard InChI is InChI=1S/C22H18FN7O/c1-12-4-6-25-11-16(12)15-8-13-9-18(28-29-22(13)21(24)20(15)23)27-17-3-2-14(10-26-17)30-7-5-19(30)31/h2-4,6,8-11H,5,7,24H2,1H3,(H,26,27,28). The summed E-state index contributed by atoms with van der Waals surface area (Å²) in [6.45, 7) is 2.60. The first-order valence-electron chi connectivity index (χ1n) is 9.71. The molecule has 0 spiro atoms. The van der Waals surface area contributed by atoms with Crippen molar-refractivity contribution < 1.29 is 9.18 Å². The number of halogens is 1. The molecule has 5 rings (SSSR count). The van der Waals surface area contributed by atoms with E-state index in [1.54, 1.807) is 41.7 Å². The Kier molecular flexibility index (Phi) is 4.43. The largest absolute Gasteiger partial charge is 0.395 e. The van der Waals surface area contributed by atoms with E-state index in [4.69, 9.17) is 5.73 Å². The number of carbonyl (C=O) groups excluding carboxylic acids is 1. The molecule has 0 radical (unpaired) electrons. The van der Waals surface area contributed by atoms with Crippen LogP contribution in [0.1, 0.15) is 12.0 Å². The Hall–Kier alpha value is -4.14. The van der Waals surface area contributed by atoms with Crippen LogP contribution in [-0.2, 0) is 4.79 Å². The Morgan fingerprint density at radius 3 is 2.65 bits per heavy atom. The van der Waals surface area contributed by atoms with E-state index in [1.165, 1.54) is 0 Å². The van der Waals surface area contributed by atoms with Crippen LogP contribution in [-0.4, -0.2) is 32.6 Å². The number of fused-ring (bicyclic) bond motifs is 1. The summed E-state index contributed by atoms with van der Waals surface area (Å²) in [5.74, 6) is 0.528. The van der Waals surface area contributed by atoms with Crippen LogP contribution in [0, 0.1) is 12.7 Å². The second kappa shape index (κ2) is 7.28. The second-order valence-electron chi connectivity index (χ2n) is 7.33. The highest BCUT2D eigenvalue weighted by atomic mass is 19.1. The van der Waals surface area contributed by atoms with Crippen LogP contribution in [0.25, 0.3) is 22.0 Å². The summed E-state index contributed by atoms with van der Waals surface area (Å²) >= 11 is 0. The lowest BCUT2D eigenvalue weighted by atomic mass is 9.99. The summed E-state index contributed by atoms with van der Waals surface area (Å²) in [7, 11) is 0. The third kappa shape index (κ3) is 3.29. The Bertz CT molecular complexity index is 1320. The molecule has 1 aliphatic rings. The predicted molar refractivity (Wildman–Crippen MR) is 116 cm³/mol. The molecule has 3 N–H and O–H groups in total. The molecule has 3 aromatic heterocycles. The molecule has 1 saturated heterocycles. The molecule has 0 aliphatic carbocycles. The average Bonchev–Trinajstić information content (AvgIpc) is 2.77. The van der Waals surface area contributed by atoms with Crippen LogP contribution >= 0.6 is 0 Å². The van der Waals surface area contributed by atoms with Gasteiger partial charge >= 0.3 is 0 Å². The minimum atomic E-state index is -0.545. The van der Waals surface area contributed by atoms with Crippen LogP contribution in [0.15, 0.2) is 48.9 Å². The zero-order valence-electron chi connectivity index (χ0n) is 16.6. The smallest absolute Gasteiger partial charge is 0.228 e. The summed E-state index contributed by atoms with van der Waals surface area (Å²) < 4.78 is 14.9. The van der Waals surface area contributed by atoms with Crippen molar-refractivity contribution in [3.05, 3.63) is 60.3 Å². The average molecular weight is 415 g/mol. The molecular weight excluding hydrogens is 397 g/mol. The van der Waals surface area contributed by atoms with Gasteiger partial charge in [-0.2, -0.15) is 0 Å². The van der Waals surface area contributed by atoms with Crippen LogP contribution in [0.4, 0.5) is 27.4 Å². The molecule has 8 nitrogen and oxygen atoms in total. The van der Waals surface area contributed by atoms with Crippen molar-refractivity contribution in [1.29, 1.82) is 0 Å². The van der Waals surface area contributed by atoms with E-state index in [-0.39, 0.29) is 17.1 Å². The van der Waals surface area contributed by atoms with Gasteiger partial charge in [-0.05, 0) is 42.8 Å². The number of rotatable bonds is 4. The number of benzene rings is 1. The number of aromatic nitrogens is 4. The molecule has 4 aromatic rings. The van der Waals surface area contributed by atoms with E-state index in [9.17, 15) is 9.18 Å². The summed E-state index contributed by atoms with van der Waals surface area (Å²) in [6.07, 6.45) is 5.47. The van der Waals surface area contributed by atoms with Gasteiger partial charge in [-0.25, -0.2) is 9.37 Å². The number of carbonyl (C=O) groups is 1. The number of anilines is 4. The summed E-state index contributed by atoms with van der Waals surface area (Å²) in [6, 6.07) is 8.82. The van der Waals surface area contributed by atoms with Crippen LogP contribution in [0.5, 0.6) is 0 Å². The van der Waals surface area contributed by atoms with E-state index >= 15 is 0 Å². The van der Waals surface area contributed by atoms with Gasteiger partial charge in [0.1, 0.15) is 11.3 Å². The summed E-state index contributed by atoms with van der Waals surface area (Å²) in [4.78, 5) is 21.7. The number of nitrogen functional groups attached to an aromatic ring is 1. The van der Waals surface area contributed by atoms with Crippen LogP contribution in [0.2, 0.25) is 0 Å². The molecular formula is C22H18FN7O. The van der Waals surface area contributed by atoms with Gasteiger partial charge in [0.2, 0.25) is 5.91 Å². The molecule has 9 heteroatoms. The molecule has 0 bridgehead atoms. The molecule has 1 amide bonds. The number of pyridine rings is 2. The Morgan fingerprint density at radius 1 is 1.10 bits per heavy atom. The molecule has 31 heavy (non-hydrogen) atoms. The minimum absolute atomic E-state index is 0.0588. The van der Waals surface area contributed by atoms with Crippen molar-refractivity contribution in [2.75, 3.05) is 22.5 Å². The lowest BCUT2D eigenvalue weighted by molar-refractivity contribution is -0.122. The van der Waals surface area contributed by atoms with Crippen LogP contribution in [0.3, 0.4) is 0 Å². The molecule has 154 valence electrons. The maximum Gasteiger partial charge on any atom is 0.228 e. The number of hydrogen-bond acceptors (Lipinski definition) is 7. The maximum atomic E-state index is 14.9. The van der Waals surface area contributed by atoms with E-state index in [2.05, 4.69) is 25.5 Å². The number of amides is 1. The number of nitrogens with one attached hydrogen (secondary N) is 1. The van der Waals surface area contributed by atoms with E-state index in [0.29, 0.717) is 41.1 Å². The van der Waals surface area contributed by atoms with E-state index in [1.807, 2.05) is 19.1 Å². The van der Waals surface area contributed by atoms with Crippen molar-refractivity contribution in [1.82, 2.24) is 20.2 Å². The summed E-state index contributed by atoms with van der Waals surface area (Å²) in [5.41, 5.74) is 8.91. The first kappa shape index (κ1) is 18.9. The van der Waals surface area contributed by atoms with Crippen molar-refractivity contribution in [2.45, 2.75) is 13.3 Å². The molecule has 4 heterocycles. The minimum Gasteiger partial charge on any atom is -0.395 e. The lowest BCUT2D eigenvalue weighted by Gasteiger charge is -2.30. The van der Waals surface area contributed by atoms with Gasteiger partial charge < -0.3 is 16.0 Å². The first-order chi connectivity index (χ1) is 15.0. The number of aryl methyl sites for hydroxylation is 1. The fourth-order valence-corrected chi connectivity index (χ4v) is 3.54. The summed E-state index contributed by atoms with van der Waals surface area (Å²) in [5, 5.41) is 11.9. The highest BCUT2D eigenvalue weighted by Crippen LogP contribution is 2.34. The van der Waals surface area contributed by atoms with Gasteiger partial charge in [0.15, 0.2) is 11.6 Å². The molecule has 0 saturated carbocycles. The zero-order valence-corrected chi connectivity index (χ0v) is 16.6. The Morgan fingerprint density at radius 2 is 1.97 bits per heavy atom. The van der Waals surface area contributed by atoms with Gasteiger partial charge in [-0.1, -0.05) is 0 Å². The quantitative estimate of drug-likeness (QED) is 0.387. The maximum absolute atomic E-state index is 14.9. The highest BCUT2D eigenvalue weighted by molar-refractivity contribution is 5.99. The van der Waals surface area contributed by atoms with Crippen molar-refractivity contribution in [2.24, 2.45) is 0 Å². The third-order valence-electron chi connectivity index (χ3n) is 5.35. The Balaban J connectivity index is 1.49. The van der Waals surface area contributed by atoms with E-state index in [0.717, 1.165) is 11.3 Å². The molecule has 1 fully saturated rings. The molecule has 1 aliphatic heterocycles. The second-order valence-corrected chi connectivity index (χ2v) is 7.33. The first-order valence-corrected chi connectivity index (χ1v) is 9.71. The SMILES string of the molecule is Cc1ccncc1-c1cc2cc(Nc3ccc(N4CCC4=O)cn3)nnc2c(N)c1F. The van der Waals surface area contributed by atoms with E-state index < -0.39 is 5.82 Å². The van der Waals surface area contributed by atoms with Crippen molar-refractivity contribution >= 4 is 39.8 Å². The van der Waals surface area contributed by atoms with Gasteiger partial charge in [0, 0.05) is 41.9 Å². The van der Waals surface area contributed by atoms with Gasteiger partial charge in [-0.3, -0.25) is 9.78 Å². The normalized spacial score (nSPS) is 13.4. The van der Waals surface area contributed by atoms with Gasteiger partial charge in [0.25, 0.3) is 0 Å². The number of nitrogens with zero attached hydrogens (tertiary/aromatic N) is 5. The fraction of sp³-hybridized carbons (Fsp3) is 0.136. The molecule has 0 unspecified atom stereocenters. The zero-order chi connectivity index (χ0) is 21.5. The monoisotopic (exact) mass is 415 g/mol. The van der Waals surface area contributed by atoms with Gasteiger partial charge in [0.05, 0.1) is 17.6 Å². The number of β-lactam (4-membered cyclic amide) rings is 1. The number of nitrogens with two attached hydrogens (primary N) is 1. The van der Waals surface area contributed by atoms with Crippen molar-refractivity contribution in [3.63, 3.8) is 0 Å². The van der Waals surface area contributed by atoms with Gasteiger partial charge in [-0.15, -0.1) is 10.2 Å². The highest BCUT2D eigenvalue weighted by Gasteiger charge is 2.25. The molecule has 0 atom stereocenters. The van der Waals surface area contributed by atoms with Crippen molar-refractivity contribution in [3.8, 4) is 11.1 Å². The molecule has 1 aromatic carbocycles. The lowest BCUT2D eigenvalue weighted by Crippen LogP contribution is -2.43. The Labute approximate surface area is 177 Å².